The first-order valence-corrected chi connectivity index (χ1v) is 17.1. The van der Waals surface area contributed by atoms with Crippen LogP contribution in [0.1, 0.15) is 48.8 Å². The molecule has 0 aromatic heterocycles. The monoisotopic (exact) mass is 650 g/mol. The summed E-state index contributed by atoms with van der Waals surface area (Å²) in [5.41, 5.74) is 6.19. The number of methoxy groups -OCH3 is 1. The number of rotatable bonds is 10. The highest BCUT2D eigenvalue weighted by Crippen LogP contribution is 2.51. The van der Waals surface area contributed by atoms with Gasteiger partial charge in [-0.3, -0.25) is 19.4 Å². The van der Waals surface area contributed by atoms with Gasteiger partial charge in [0.1, 0.15) is 0 Å². The molecule has 7 nitrogen and oxygen atoms in total. The van der Waals surface area contributed by atoms with Gasteiger partial charge < -0.3 is 14.6 Å². The number of imide groups is 1. The second-order valence-corrected chi connectivity index (χ2v) is 13.6. The molecule has 3 aromatic carbocycles. The lowest BCUT2D eigenvalue weighted by molar-refractivity contribution is -0.144. The van der Waals surface area contributed by atoms with E-state index in [0.29, 0.717) is 38.0 Å². The Morgan fingerprint density at radius 2 is 1.71 bits per heavy atom. The quantitative estimate of drug-likeness (QED) is 0.154. The first-order valence-electron chi connectivity index (χ1n) is 17.1. The summed E-state index contributed by atoms with van der Waals surface area (Å²) in [4.78, 5) is 32.2. The van der Waals surface area contributed by atoms with Crippen molar-refractivity contribution in [2.24, 2.45) is 17.8 Å². The Hall–Kier alpha value is -4.11. The van der Waals surface area contributed by atoms with Crippen molar-refractivity contribution in [2.45, 2.75) is 50.8 Å². The Labute approximate surface area is 281 Å². The minimum absolute atomic E-state index is 0.0296. The summed E-state index contributed by atoms with van der Waals surface area (Å²) >= 11 is 0. The number of allylic oxidation sites excluding steroid dienone is 1. The molecule has 4 atom stereocenters. The lowest BCUT2D eigenvalue weighted by Gasteiger charge is -2.36. The average Bonchev–Trinajstić information content (AvgIpc) is 3.64. The van der Waals surface area contributed by atoms with Gasteiger partial charge in [0.25, 0.3) is 0 Å². The normalized spacial score (nSPS) is 25.1. The third kappa shape index (κ3) is 6.49. The molecule has 0 bridgehead atoms. The molecule has 0 radical (unpaired) electrons. The third-order valence-corrected chi connectivity index (χ3v) is 10.7. The molecule has 48 heavy (non-hydrogen) atoms. The Morgan fingerprint density at radius 1 is 0.979 bits per heavy atom. The number of halogens is 1. The number of fused-ring (bicyclic) bond motifs is 3. The van der Waals surface area contributed by atoms with Crippen molar-refractivity contribution in [3.05, 3.63) is 113 Å². The van der Waals surface area contributed by atoms with Crippen LogP contribution in [0.3, 0.4) is 0 Å². The number of hydrogen-bond acceptors (Lipinski definition) is 6. The third-order valence-electron chi connectivity index (χ3n) is 10.7. The summed E-state index contributed by atoms with van der Waals surface area (Å²) in [6.45, 7) is 3.40. The van der Waals surface area contributed by atoms with Crippen molar-refractivity contribution in [1.29, 1.82) is 0 Å². The standard InChI is InChI=1S/C40H43FN2O5/c1-47-24-30-22-32-38(40(46)43(39(32)45)31-16-18-42(19-17-31)23-26-8-4-2-5-9-26)33-25-48-36(37(30)33)15-13-29(28-10-6-3-7-11-28)20-27-12-14-35(44)34(41)21-27/h2-12,14,20-21,31-33,36,38,44H,13,15-19,22-25H2,1H3/b29-20-/t32-,33+,36-,38-/m1/s1. The molecule has 0 unspecified atom stereocenters. The van der Waals surface area contributed by atoms with E-state index in [4.69, 9.17) is 9.47 Å². The predicted molar refractivity (Wildman–Crippen MR) is 182 cm³/mol. The van der Waals surface area contributed by atoms with Crippen molar-refractivity contribution < 1.29 is 28.6 Å². The van der Waals surface area contributed by atoms with Gasteiger partial charge in [-0.25, -0.2) is 4.39 Å². The number of aromatic hydroxyl groups is 1. The molecule has 3 saturated heterocycles. The molecule has 1 N–H and O–H groups in total. The van der Waals surface area contributed by atoms with Gasteiger partial charge in [-0.1, -0.05) is 72.8 Å². The number of ether oxygens (including phenoxy) is 2. The predicted octanol–water partition coefficient (Wildman–Crippen LogP) is 6.48. The Bertz CT molecular complexity index is 1700. The molecule has 8 heteroatoms. The van der Waals surface area contributed by atoms with Gasteiger partial charge in [-0.2, -0.15) is 0 Å². The van der Waals surface area contributed by atoms with E-state index in [2.05, 4.69) is 29.2 Å². The van der Waals surface area contributed by atoms with Crippen molar-refractivity contribution in [2.75, 3.05) is 33.4 Å². The second-order valence-electron chi connectivity index (χ2n) is 13.6. The SMILES string of the molecule is COCC1=C2[C@@H](CC/C(=C/c3ccc(O)c(F)c3)c3ccccc3)OC[C@@H]2[C@@H]2C(=O)N(C3CCN(Cc4ccccc4)CC3)C(=O)[C@@H]2C1. The lowest BCUT2D eigenvalue weighted by atomic mass is 9.69. The van der Waals surface area contributed by atoms with Crippen LogP contribution in [0.15, 0.2) is 90.0 Å². The van der Waals surface area contributed by atoms with Crippen molar-refractivity contribution in [3.63, 3.8) is 0 Å². The number of phenols is 1. The molecule has 3 heterocycles. The molecule has 3 aromatic rings. The fraction of sp³-hybridized carbons (Fsp3) is 0.400. The van der Waals surface area contributed by atoms with Gasteiger partial charge in [-0.15, -0.1) is 0 Å². The molecule has 4 aliphatic rings. The number of amides is 2. The van der Waals surface area contributed by atoms with Crippen LogP contribution >= 0.6 is 0 Å². The van der Waals surface area contributed by atoms with Crippen LogP contribution in [-0.2, 0) is 25.6 Å². The van der Waals surface area contributed by atoms with Crippen molar-refractivity contribution >= 4 is 23.5 Å². The zero-order valence-corrected chi connectivity index (χ0v) is 27.4. The fourth-order valence-electron chi connectivity index (χ4n) is 8.39. The lowest BCUT2D eigenvalue weighted by Crippen LogP contribution is -2.47. The Morgan fingerprint density at radius 3 is 2.42 bits per heavy atom. The van der Waals surface area contributed by atoms with Gasteiger partial charge in [0.05, 0.1) is 31.2 Å². The Kier molecular flexibility index (Phi) is 9.57. The molecule has 3 fully saturated rings. The zero-order chi connectivity index (χ0) is 33.2. The van der Waals surface area contributed by atoms with Gasteiger partial charge in [0, 0.05) is 38.7 Å². The van der Waals surface area contributed by atoms with Crippen LogP contribution in [0.25, 0.3) is 11.6 Å². The molecule has 7 rings (SSSR count). The van der Waals surface area contributed by atoms with E-state index in [-0.39, 0.29) is 41.5 Å². The van der Waals surface area contributed by atoms with E-state index in [0.717, 1.165) is 54.8 Å². The first-order chi connectivity index (χ1) is 23.4. The van der Waals surface area contributed by atoms with Crippen LogP contribution in [0, 0.1) is 23.6 Å². The summed E-state index contributed by atoms with van der Waals surface area (Å²) in [5.74, 6) is -2.01. The second kappa shape index (κ2) is 14.2. The van der Waals surface area contributed by atoms with E-state index in [1.165, 1.54) is 17.7 Å². The zero-order valence-electron chi connectivity index (χ0n) is 27.4. The van der Waals surface area contributed by atoms with Gasteiger partial charge >= 0.3 is 0 Å². The minimum Gasteiger partial charge on any atom is -0.505 e. The van der Waals surface area contributed by atoms with Crippen LogP contribution in [0.4, 0.5) is 4.39 Å². The van der Waals surface area contributed by atoms with E-state index >= 15 is 0 Å². The van der Waals surface area contributed by atoms with E-state index in [1.54, 1.807) is 18.1 Å². The highest BCUT2D eigenvalue weighted by molar-refractivity contribution is 6.06. The summed E-state index contributed by atoms with van der Waals surface area (Å²) in [7, 11) is 1.67. The maximum Gasteiger partial charge on any atom is 0.234 e. The minimum atomic E-state index is -0.660. The van der Waals surface area contributed by atoms with Crippen LogP contribution in [-0.4, -0.2) is 72.3 Å². The van der Waals surface area contributed by atoms with Crippen LogP contribution < -0.4 is 0 Å². The number of likely N-dealkylation sites (tertiary alicyclic amines) is 2. The average molecular weight is 651 g/mol. The molecular formula is C40H43FN2O5. The summed E-state index contributed by atoms with van der Waals surface area (Å²) < 4.78 is 26.3. The topological polar surface area (TPSA) is 79.3 Å². The van der Waals surface area contributed by atoms with E-state index in [9.17, 15) is 19.1 Å². The van der Waals surface area contributed by atoms with Gasteiger partial charge in [-0.05, 0) is 77.6 Å². The van der Waals surface area contributed by atoms with E-state index < -0.39 is 11.7 Å². The highest BCUT2D eigenvalue weighted by Gasteiger charge is 2.58. The number of nitrogens with zero attached hydrogens (tertiary/aromatic N) is 2. The molecule has 2 amide bonds. The number of phenolic OH excluding ortho intramolecular Hbond substituents is 1. The summed E-state index contributed by atoms with van der Waals surface area (Å²) in [5, 5.41) is 9.69. The van der Waals surface area contributed by atoms with Gasteiger partial charge in [0.15, 0.2) is 11.6 Å². The maximum atomic E-state index is 14.2. The molecule has 1 aliphatic carbocycles. The molecule has 0 saturated carbocycles. The molecule has 250 valence electrons. The molecule has 3 aliphatic heterocycles. The summed E-state index contributed by atoms with van der Waals surface area (Å²) in [6.07, 6.45) is 5.17. The molecular weight excluding hydrogens is 607 g/mol. The van der Waals surface area contributed by atoms with Crippen molar-refractivity contribution in [3.8, 4) is 5.75 Å². The number of carbonyl (C=O) groups excluding carboxylic acids is 2. The van der Waals surface area contributed by atoms with Crippen LogP contribution in [0.2, 0.25) is 0 Å². The smallest absolute Gasteiger partial charge is 0.234 e. The highest BCUT2D eigenvalue weighted by atomic mass is 19.1. The van der Waals surface area contributed by atoms with E-state index in [1.807, 2.05) is 42.5 Å². The first kappa shape index (κ1) is 32.4. The summed E-state index contributed by atoms with van der Waals surface area (Å²) in [6, 6.07) is 24.7. The van der Waals surface area contributed by atoms with Gasteiger partial charge in [0.2, 0.25) is 11.8 Å². The number of piperidine rings is 1. The largest absolute Gasteiger partial charge is 0.505 e. The molecule has 0 spiro atoms. The maximum absolute atomic E-state index is 14.2. The van der Waals surface area contributed by atoms with Crippen LogP contribution in [0.5, 0.6) is 5.75 Å². The fourth-order valence-corrected chi connectivity index (χ4v) is 8.39. The number of benzene rings is 3. The Balaban J connectivity index is 1.07. The van der Waals surface area contributed by atoms with Crippen molar-refractivity contribution in [1.82, 2.24) is 9.80 Å². The number of hydrogen-bond donors (Lipinski definition) is 1. The number of carbonyl (C=O) groups is 2.